The minimum Gasteiger partial charge on any atom is -0.447 e. The number of sulfonamides is 1. The summed E-state index contributed by atoms with van der Waals surface area (Å²) in [5.41, 5.74) is 0. The van der Waals surface area contributed by atoms with E-state index in [1.165, 1.54) is 6.07 Å². The van der Waals surface area contributed by atoms with Gasteiger partial charge in [-0.05, 0) is 37.4 Å². The Morgan fingerprint density at radius 3 is 2.63 bits per heavy atom. The normalized spacial score (nSPS) is 12.2. The molecule has 2 N–H and O–H groups in total. The summed E-state index contributed by atoms with van der Waals surface area (Å²) in [5, 5.41) is 3.16. The van der Waals surface area contributed by atoms with Gasteiger partial charge in [0.2, 0.25) is 5.09 Å². The smallest absolute Gasteiger partial charge is 0.273 e. The van der Waals surface area contributed by atoms with Gasteiger partial charge in [-0.1, -0.05) is 20.8 Å². The van der Waals surface area contributed by atoms with Crippen LogP contribution in [0, 0.1) is 5.92 Å². The summed E-state index contributed by atoms with van der Waals surface area (Å²) in [4.78, 5) is 0. The largest absolute Gasteiger partial charge is 0.447 e. The van der Waals surface area contributed by atoms with Crippen LogP contribution in [0.5, 0.6) is 0 Å². The van der Waals surface area contributed by atoms with Gasteiger partial charge in [-0.15, -0.1) is 0 Å². The van der Waals surface area contributed by atoms with Crippen molar-refractivity contribution in [2.24, 2.45) is 5.92 Å². The van der Waals surface area contributed by atoms with Gasteiger partial charge in [0.25, 0.3) is 10.0 Å². The van der Waals surface area contributed by atoms with Gasteiger partial charge in [0.15, 0.2) is 0 Å². The van der Waals surface area contributed by atoms with E-state index in [1.807, 2.05) is 0 Å². The second-order valence-electron chi connectivity index (χ2n) is 4.98. The average Bonchev–Trinajstić information content (AvgIpc) is 2.78. The molecule has 0 bridgehead atoms. The fraction of sp³-hybridized carbons (Fsp3) is 0.692. The molecule has 1 rings (SSSR count). The van der Waals surface area contributed by atoms with Crippen LogP contribution >= 0.6 is 0 Å². The van der Waals surface area contributed by atoms with Gasteiger partial charge < -0.3 is 9.73 Å². The molecule has 0 fully saturated rings. The summed E-state index contributed by atoms with van der Waals surface area (Å²) < 4.78 is 31.7. The summed E-state index contributed by atoms with van der Waals surface area (Å²) in [6.45, 7) is 8.05. The molecular weight excluding hydrogens is 264 g/mol. The van der Waals surface area contributed by atoms with Crippen molar-refractivity contribution in [3.8, 4) is 0 Å². The molecular formula is C13H24N2O3S. The maximum atomic E-state index is 11.9. The van der Waals surface area contributed by atoms with Crippen LogP contribution in [0.4, 0.5) is 0 Å². The number of rotatable bonds is 9. The third kappa shape index (κ3) is 5.76. The number of furan rings is 1. The Labute approximate surface area is 115 Å². The third-order valence-electron chi connectivity index (χ3n) is 2.64. The standard InChI is InChI=1S/C13H24N2O3S/c1-4-8-14-10-12-5-6-13(18-12)19(16,17)15-9-7-11(2)3/h5-6,11,14-15H,4,7-10H2,1-3H3. The number of nitrogens with one attached hydrogen (secondary N) is 2. The van der Waals surface area contributed by atoms with Crippen molar-refractivity contribution >= 4 is 10.0 Å². The molecule has 1 aromatic heterocycles. The highest BCUT2D eigenvalue weighted by molar-refractivity contribution is 7.89. The van der Waals surface area contributed by atoms with Crippen molar-refractivity contribution in [1.29, 1.82) is 0 Å². The second kappa shape index (κ2) is 7.67. The van der Waals surface area contributed by atoms with Crippen molar-refractivity contribution < 1.29 is 12.8 Å². The van der Waals surface area contributed by atoms with Crippen molar-refractivity contribution in [3.63, 3.8) is 0 Å². The highest BCUT2D eigenvalue weighted by atomic mass is 32.2. The van der Waals surface area contributed by atoms with Crippen LogP contribution in [-0.4, -0.2) is 21.5 Å². The molecule has 0 radical (unpaired) electrons. The van der Waals surface area contributed by atoms with Crippen LogP contribution in [0.2, 0.25) is 0 Å². The molecule has 0 aliphatic heterocycles. The van der Waals surface area contributed by atoms with E-state index in [4.69, 9.17) is 4.42 Å². The molecule has 6 heteroatoms. The van der Waals surface area contributed by atoms with E-state index in [2.05, 4.69) is 30.8 Å². The van der Waals surface area contributed by atoms with E-state index in [0.717, 1.165) is 19.4 Å². The lowest BCUT2D eigenvalue weighted by Gasteiger charge is -2.06. The Bertz CT molecular complexity index is 466. The molecule has 0 aliphatic carbocycles. The monoisotopic (exact) mass is 288 g/mol. The SMILES string of the molecule is CCCNCc1ccc(S(=O)(=O)NCCC(C)C)o1. The molecule has 0 aliphatic rings. The van der Waals surface area contributed by atoms with Crippen LogP contribution < -0.4 is 10.0 Å². The fourth-order valence-corrected chi connectivity index (χ4v) is 2.53. The minimum atomic E-state index is -3.51. The molecule has 0 saturated heterocycles. The Morgan fingerprint density at radius 1 is 1.26 bits per heavy atom. The minimum absolute atomic E-state index is 0.00967. The summed E-state index contributed by atoms with van der Waals surface area (Å²) in [5.74, 6) is 1.10. The van der Waals surface area contributed by atoms with Gasteiger partial charge in [-0.2, -0.15) is 0 Å². The van der Waals surface area contributed by atoms with Crippen molar-refractivity contribution in [3.05, 3.63) is 17.9 Å². The highest BCUT2D eigenvalue weighted by Gasteiger charge is 2.18. The summed E-state index contributed by atoms with van der Waals surface area (Å²) in [7, 11) is -3.51. The molecule has 19 heavy (non-hydrogen) atoms. The van der Waals surface area contributed by atoms with Crippen LogP contribution in [0.3, 0.4) is 0 Å². The van der Waals surface area contributed by atoms with Gasteiger partial charge in [0.05, 0.1) is 6.54 Å². The topological polar surface area (TPSA) is 71.3 Å². The Morgan fingerprint density at radius 2 is 2.00 bits per heavy atom. The predicted octanol–water partition coefficient (Wildman–Crippen LogP) is 2.10. The average molecular weight is 288 g/mol. The molecule has 1 aromatic rings. The number of hydrogen-bond donors (Lipinski definition) is 2. The first-order valence-electron chi connectivity index (χ1n) is 6.74. The Balaban J connectivity index is 2.53. The first-order valence-corrected chi connectivity index (χ1v) is 8.23. The molecule has 0 unspecified atom stereocenters. The first-order chi connectivity index (χ1) is 8.95. The van der Waals surface area contributed by atoms with Crippen LogP contribution in [-0.2, 0) is 16.6 Å². The molecule has 0 aromatic carbocycles. The number of hydrogen-bond acceptors (Lipinski definition) is 4. The predicted molar refractivity (Wildman–Crippen MR) is 75.3 cm³/mol. The maximum Gasteiger partial charge on any atom is 0.273 e. The van der Waals surface area contributed by atoms with Crippen LogP contribution in [0.15, 0.2) is 21.6 Å². The molecule has 110 valence electrons. The summed E-state index contributed by atoms with van der Waals surface area (Å²) in [6, 6.07) is 3.19. The van der Waals surface area contributed by atoms with Crippen molar-refractivity contribution in [2.75, 3.05) is 13.1 Å². The lowest BCUT2D eigenvalue weighted by Crippen LogP contribution is -2.25. The molecule has 0 saturated carbocycles. The zero-order valence-corrected chi connectivity index (χ0v) is 12.7. The van der Waals surface area contributed by atoms with Gasteiger partial charge in [-0.25, -0.2) is 13.1 Å². The maximum absolute atomic E-state index is 11.9. The lowest BCUT2D eigenvalue weighted by atomic mass is 10.1. The molecule has 0 amide bonds. The quantitative estimate of drug-likeness (QED) is 0.683. The third-order valence-corrected chi connectivity index (χ3v) is 3.97. The summed E-state index contributed by atoms with van der Waals surface area (Å²) in [6.07, 6.45) is 1.84. The van der Waals surface area contributed by atoms with Gasteiger partial charge >= 0.3 is 0 Å². The van der Waals surface area contributed by atoms with E-state index in [-0.39, 0.29) is 5.09 Å². The van der Waals surface area contributed by atoms with Gasteiger partial charge in [0, 0.05) is 6.54 Å². The van der Waals surface area contributed by atoms with Gasteiger partial charge in [0.1, 0.15) is 5.76 Å². The molecule has 5 nitrogen and oxygen atoms in total. The van der Waals surface area contributed by atoms with Crippen molar-refractivity contribution in [2.45, 2.75) is 45.2 Å². The van der Waals surface area contributed by atoms with Crippen molar-refractivity contribution in [1.82, 2.24) is 10.0 Å². The summed E-state index contributed by atoms with van der Waals surface area (Å²) >= 11 is 0. The van der Waals surface area contributed by atoms with Crippen LogP contribution in [0.1, 0.15) is 39.4 Å². The van der Waals surface area contributed by atoms with E-state index in [9.17, 15) is 8.42 Å². The van der Waals surface area contributed by atoms with Gasteiger partial charge in [-0.3, -0.25) is 0 Å². The fourth-order valence-electron chi connectivity index (χ4n) is 1.54. The Hall–Kier alpha value is -0.850. The lowest BCUT2D eigenvalue weighted by molar-refractivity contribution is 0.399. The molecule has 0 spiro atoms. The molecule has 1 heterocycles. The Kier molecular flexibility index (Phi) is 6.54. The molecule has 0 atom stereocenters. The zero-order chi connectivity index (χ0) is 14.3. The first kappa shape index (κ1) is 16.2. The highest BCUT2D eigenvalue weighted by Crippen LogP contribution is 2.13. The van der Waals surface area contributed by atoms with E-state index < -0.39 is 10.0 Å². The second-order valence-corrected chi connectivity index (χ2v) is 6.68. The van der Waals surface area contributed by atoms with Crippen LogP contribution in [0.25, 0.3) is 0 Å². The van der Waals surface area contributed by atoms with E-state index in [1.54, 1.807) is 6.07 Å². The van der Waals surface area contributed by atoms with E-state index in [0.29, 0.717) is 24.8 Å². The zero-order valence-electron chi connectivity index (χ0n) is 11.9. The van der Waals surface area contributed by atoms with E-state index >= 15 is 0 Å².